The predicted molar refractivity (Wildman–Crippen MR) is 80.9 cm³/mol. The van der Waals surface area contributed by atoms with Crippen molar-refractivity contribution in [3.63, 3.8) is 0 Å². The number of hydrogen-bond acceptors (Lipinski definition) is 4. The number of nitrogens with one attached hydrogen (secondary N) is 2. The van der Waals surface area contributed by atoms with Gasteiger partial charge >= 0.3 is 0 Å². The van der Waals surface area contributed by atoms with E-state index in [9.17, 15) is 4.39 Å². The van der Waals surface area contributed by atoms with Crippen LogP contribution in [-0.2, 0) is 0 Å². The van der Waals surface area contributed by atoms with Gasteiger partial charge in [0.25, 0.3) is 0 Å². The van der Waals surface area contributed by atoms with Crippen molar-refractivity contribution in [1.29, 1.82) is 0 Å². The lowest BCUT2D eigenvalue weighted by Crippen LogP contribution is -2.05. The van der Waals surface area contributed by atoms with E-state index < -0.39 is 5.82 Å². The highest BCUT2D eigenvalue weighted by Gasteiger charge is 2.15. The molecule has 2 N–H and O–H groups in total. The molecule has 3 aromatic rings. The number of aromatic amines is 1. The van der Waals surface area contributed by atoms with Crippen LogP contribution in [0.1, 0.15) is 13.3 Å². The van der Waals surface area contributed by atoms with Crippen molar-refractivity contribution in [2.45, 2.75) is 13.3 Å². The topological polar surface area (TPSA) is 66.5 Å². The minimum Gasteiger partial charge on any atom is -0.354 e. The SMILES string of the molecule is CCCNc1nc(-c2ccc(Cl)cc2F)c2cn[nH]c2n1. The molecule has 21 heavy (non-hydrogen) atoms. The van der Waals surface area contributed by atoms with E-state index in [2.05, 4.69) is 25.5 Å². The molecule has 0 radical (unpaired) electrons. The fourth-order valence-corrected chi connectivity index (χ4v) is 2.20. The fraction of sp³-hybridized carbons (Fsp3) is 0.214. The molecule has 0 fully saturated rings. The summed E-state index contributed by atoms with van der Waals surface area (Å²) in [5, 5.41) is 10.8. The zero-order chi connectivity index (χ0) is 14.8. The summed E-state index contributed by atoms with van der Waals surface area (Å²) in [6.45, 7) is 2.78. The fourth-order valence-electron chi connectivity index (χ4n) is 2.04. The van der Waals surface area contributed by atoms with Crippen molar-refractivity contribution in [2.24, 2.45) is 0 Å². The van der Waals surface area contributed by atoms with Crippen molar-refractivity contribution in [1.82, 2.24) is 20.2 Å². The number of aromatic nitrogens is 4. The Morgan fingerprint density at radius 3 is 2.95 bits per heavy atom. The number of H-pyrrole nitrogens is 1. The molecular formula is C14H13ClFN5. The lowest BCUT2D eigenvalue weighted by atomic mass is 10.1. The van der Waals surface area contributed by atoms with Gasteiger partial charge < -0.3 is 5.32 Å². The molecule has 0 amide bonds. The summed E-state index contributed by atoms with van der Waals surface area (Å²) in [6.07, 6.45) is 2.53. The second kappa shape index (κ2) is 5.65. The summed E-state index contributed by atoms with van der Waals surface area (Å²) in [7, 11) is 0. The van der Waals surface area contributed by atoms with E-state index in [1.54, 1.807) is 18.3 Å². The maximum atomic E-state index is 14.2. The summed E-state index contributed by atoms with van der Waals surface area (Å²) in [4.78, 5) is 8.72. The summed E-state index contributed by atoms with van der Waals surface area (Å²) >= 11 is 5.80. The smallest absolute Gasteiger partial charge is 0.225 e. The molecular weight excluding hydrogens is 293 g/mol. The van der Waals surface area contributed by atoms with Gasteiger partial charge in [-0.1, -0.05) is 18.5 Å². The first kappa shape index (κ1) is 13.8. The Balaban J connectivity index is 2.17. The third-order valence-electron chi connectivity index (χ3n) is 3.03. The van der Waals surface area contributed by atoms with Crippen LogP contribution in [0.3, 0.4) is 0 Å². The summed E-state index contributed by atoms with van der Waals surface area (Å²) in [5.74, 6) is 0.0168. The van der Waals surface area contributed by atoms with Gasteiger partial charge in [0.2, 0.25) is 5.95 Å². The predicted octanol–water partition coefficient (Wildman–Crippen LogP) is 3.63. The van der Waals surface area contributed by atoms with Crippen molar-refractivity contribution >= 4 is 28.6 Å². The van der Waals surface area contributed by atoms with E-state index in [1.165, 1.54) is 6.07 Å². The molecule has 5 nitrogen and oxygen atoms in total. The van der Waals surface area contributed by atoms with Crippen LogP contribution in [0, 0.1) is 5.82 Å². The Morgan fingerprint density at radius 1 is 1.33 bits per heavy atom. The van der Waals surface area contributed by atoms with Gasteiger partial charge in [-0.3, -0.25) is 5.10 Å². The van der Waals surface area contributed by atoms with Gasteiger partial charge in [0.15, 0.2) is 5.65 Å². The van der Waals surface area contributed by atoms with Crippen molar-refractivity contribution in [3.8, 4) is 11.3 Å². The summed E-state index contributed by atoms with van der Waals surface area (Å²) in [5.41, 5.74) is 1.42. The third-order valence-corrected chi connectivity index (χ3v) is 3.26. The minimum atomic E-state index is -0.426. The molecule has 0 aliphatic carbocycles. The Hall–Kier alpha value is -2.21. The number of fused-ring (bicyclic) bond motifs is 1. The quantitative estimate of drug-likeness (QED) is 0.772. The van der Waals surface area contributed by atoms with Crippen LogP contribution in [0.2, 0.25) is 5.02 Å². The van der Waals surface area contributed by atoms with Crippen LogP contribution in [0.15, 0.2) is 24.4 Å². The second-order valence-electron chi connectivity index (χ2n) is 4.58. The number of benzene rings is 1. The molecule has 2 aromatic heterocycles. The van der Waals surface area contributed by atoms with E-state index in [0.29, 0.717) is 33.3 Å². The number of hydrogen-bond donors (Lipinski definition) is 2. The molecule has 0 spiro atoms. The molecule has 0 saturated carbocycles. The van der Waals surface area contributed by atoms with Gasteiger partial charge in [0.1, 0.15) is 5.82 Å². The Labute approximate surface area is 125 Å². The van der Waals surface area contributed by atoms with E-state index >= 15 is 0 Å². The number of anilines is 1. The van der Waals surface area contributed by atoms with Gasteiger partial charge in [-0.25, -0.2) is 9.37 Å². The average Bonchev–Trinajstić information content (AvgIpc) is 2.93. The zero-order valence-electron chi connectivity index (χ0n) is 11.3. The minimum absolute atomic E-state index is 0.345. The maximum Gasteiger partial charge on any atom is 0.225 e. The first-order valence-electron chi connectivity index (χ1n) is 6.59. The van der Waals surface area contributed by atoms with Crippen LogP contribution >= 0.6 is 11.6 Å². The van der Waals surface area contributed by atoms with Gasteiger partial charge in [-0.05, 0) is 24.6 Å². The molecule has 1 aromatic carbocycles. The average molecular weight is 306 g/mol. The van der Waals surface area contributed by atoms with E-state index in [4.69, 9.17) is 11.6 Å². The largest absolute Gasteiger partial charge is 0.354 e. The summed E-state index contributed by atoms with van der Waals surface area (Å²) < 4.78 is 14.2. The highest BCUT2D eigenvalue weighted by atomic mass is 35.5. The molecule has 2 heterocycles. The van der Waals surface area contributed by atoms with E-state index in [-0.39, 0.29) is 0 Å². The molecule has 0 aliphatic rings. The normalized spacial score (nSPS) is 11.0. The molecule has 3 rings (SSSR count). The van der Waals surface area contributed by atoms with Crippen molar-refractivity contribution in [3.05, 3.63) is 35.2 Å². The zero-order valence-corrected chi connectivity index (χ0v) is 12.1. The van der Waals surface area contributed by atoms with Crippen LogP contribution in [0.4, 0.5) is 10.3 Å². The van der Waals surface area contributed by atoms with E-state index in [0.717, 1.165) is 13.0 Å². The lowest BCUT2D eigenvalue weighted by molar-refractivity contribution is 0.631. The Bertz CT molecular complexity index is 786. The van der Waals surface area contributed by atoms with Crippen LogP contribution < -0.4 is 5.32 Å². The number of nitrogens with zero attached hydrogens (tertiary/aromatic N) is 3. The molecule has 108 valence electrons. The molecule has 7 heteroatoms. The second-order valence-corrected chi connectivity index (χ2v) is 5.02. The van der Waals surface area contributed by atoms with Gasteiger partial charge in [0, 0.05) is 17.1 Å². The van der Waals surface area contributed by atoms with Gasteiger partial charge in [-0.2, -0.15) is 10.1 Å². The molecule has 0 saturated heterocycles. The van der Waals surface area contributed by atoms with Crippen LogP contribution in [0.5, 0.6) is 0 Å². The summed E-state index contributed by atoms with van der Waals surface area (Å²) in [6, 6.07) is 4.51. The first-order valence-corrected chi connectivity index (χ1v) is 6.97. The lowest BCUT2D eigenvalue weighted by Gasteiger charge is -2.08. The van der Waals surface area contributed by atoms with Crippen LogP contribution in [-0.4, -0.2) is 26.7 Å². The molecule has 0 aliphatic heterocycles. The molecule has 0 atom stereocenters. The Kier molecular flexibility index (Phi) is 3.70. The Morgan fingerprint density at radius 2 is 2.19 bits per heavy atom. The highest BCUT2D eigenvalue weighted by Crippen LogP contribution is 2.29. The van der Waals surface area contributed by atoms with Crippen molar-refractivity contribution in [2.75, 3.05) is 11.9 Å². The van der Waals surface area contributed by atoms with E-state index in [1.807, 2.05) is 6.92 Å². The maximum absolute atomic E-state index is 14.2. The highest BCUT2D eigenvalue weighted by molar-refractivity contribution is 6.30. The monoisotopic (exact) mass is 305 g/mol. The first-order chi connectivity index (χ1) is 10.2. The van der Waals surface area contributed by atoms with Gasteiger partial charge in [0.05, 0.1) is 17.3 Å². The number of rotatable bonds is 4. The standard InChI is InChI=1S/C14H13ClFN5/c1-2-5-17-14-19-12(10-7-18-21-13(10)20-14)9-4-3-8(15)6-11(9)16/h3-4,6-7H,2,5H2,1H3,(H2,17,18,19,20,21). The van der Waals surface area contributed by atoms with Gasteiger partial charge in [-0.15, -0.1) is 0 Å². The molecule has 0 bridgehead atoms. The van der Waals surface area contributed by atoms with Crippen molar-refractivity contribution < 1.29 is 4.39 Å². The molecule has 0 unspecified atom stereocenters. The van der Waals surface area contributed by atoms with Crippen LogP contribution in [0.25, 0.3) is 22.3 Å². The number of halogens is 2. The third kappa shape index (κ3) is 2.67.